The Morgan fingerprint density at radius 1 is 1.23 bits per heavy atom. The fourth-order valence-corrected chi connectivity index (χ4v) is 7.83. The van der Waals surface area contributed by atoms with Crippen LogP contribution in [0.3, 0.4) is 0 Å². The van der Waals surface area contributed by atoms with Gasteiger partial charge in [0.1, 0.15) is 5.84 Å². The van der Waals surface area contributed by atoms with Crippen LogP contribution in [-0.2, 0) is 11.0 Å². The first-order valence-corrected chi connectivity index (χ1v) is 14.5. The Balaban J connectivity index is 1.63. The van der Waals surface area contributed by atoms with Crippen molar-refractivity contribution in [3.63, 3.8) is 0 Å². The molecule has 2 aromatic rings. The first-order valence-electron chi connectivity index (χ1n) is 12.7. The highest BCUT2D eigenvalue weighted by Crippen LogP contribution is 2.56. The molecule has 0 radical (unpaired) electrons. The number of benzene rings is 1. The number of primary amides is 1. The maximum absolute atomic E-state index is 14.7. The van der Waals surface area contributed by atoms with E-state index >= 15 is 0 Å². The fraction of sp³-hybridized carbons (Fsp3) is 0.444. The Labute approximate surface area is 233 Å². The molecule has 208 valence electrons. The molecule has 39 heavy (non-hydrogen) atoms. The smallest absolute Gasteiger partial charge is 0.383 e. The van der Waals surface area contributed by atoms with Crippen LogP contribution in [0.1, 0.15) is 47.5 Å². The van der Waals surface area contributed by atoms with Crippen molar-refractivity contribution in [3.8, 4) is 11.1 Å². The average molecular weight is 578 g/mol. The minimum absolute atomic E-state index is 0.0103. The molecule has 7 nitrogen and oxygen atoms in total. The third kappa shape index (κ3) is 5.04. The highest BCUT2D eigenvalue weighted by atomic mass is 32.2. The van der Waals surface area contributed by atoms with Crippen LogP contribution >= 0.6 is 23.1 Å². The number of fused-ring (bicyclic) bond motifs is 1. The number of thioether (sulfide) groups is 1. The molecular weight excluding hydrogens is 547 g/mol. The molecule has 2 aliphatic heterocycles. The van der Waals surface area contributed by atoms with E-state index in [2.05, 4.69) is 11.9 Å². The lowest BCUT2D eigenvalue weighted by Gasteiger charge is -2.45. The second-order valence-corrected chi connectivity index (χ2v) is 12.6. The zero-order valence-corrected chi connectivity index (χ0v) is 23.3. The van der Waals surface area contributed by atoms with Gasteiger partial charge in [0, 0.05) is 53.5 Å². The average Bonchev–Trinajstić information content (AvgIpc) is 3.52. The standard InChI is InChI=1S/C27H30F3N5O2S2/c1-4-20(36)35-14(2)9-34(10-15(35)3)24(31)17-8-18(27(28,29)30)21(16-7-19(25(32)37)38-11-16)23-22(17)33-12-26(5-6-26)13-39-23/h4,7-8,11,14-15,31,33H,1,5-6,9-10,12-13H2,2-3H3,(H2,32,37)/t14-,15+. The second-order valence-electron chi connectivity index (χ2n) is 10.7. The Hall–Kier alpha value is -2.99. The van der Waals surface area contributed by atoms with Gasteiger partial charge in [-0.15, -0.1) is 23.1 Å². The van der Waals surface area contributed by atoms with Crippen molar-refractivity contribution < 1.29 is 22.8 Å². The number of nitrogens with one attached hydrogen (secondary N) is 2. The van der Waals surface area contributed by atoms with Crippen LogP contribution in [-0.4, -0.2) is 64.9 Å². The summed E-state index contributed by atoms with van der Waals surface area (Å²) in [6.07, 6.45) is -1.46. The van der Waals surface area contributed by atoms with Crippen LogP contribution in [0.25, 0.3) is 11.1 Å². The molecule has 0 bridgehead atoms. The summed E-state index contributed by atoms with van der Waals surface area (Å²) in [4.78, 5) is 28.2. The van der Waals surface area contributed by atoms with Gasteiger partial charge in [-0.1, -0.05) is 6.58 Å². The van der Waals surface area contributed by atoms with Gasteiger partial charge in [-0.3, -0.25) is 15.0 Å². The van der Waals surface area contributed by atoms with Gasteiger partial charge in [-0.25, -0.2) is 0 Å². The summed E-state index contributed by atoms with van der Waals surface area (Å²) in [5.74, 6) is -0.255. The van der Waals surface area contributed by atoms with E-state index in [1.165, 1.54) is 29.3 Å². The Morgan fingerprint density at radius 3 is 2.44 bits per heavy atom. The number of amides is 2. The molecule has 5 rings (SSSR count). The van der Waals surface area contributed by atoms with Crippen LogP contribution in [0.4, 0.5) is 18.9 Å². The highest BCUT2D eigenvalue weighted by molar-refractivity contribution is 7.99. The molecule has 1 spiro atoms. The number of anilines is 1. The summed E-state index contributed by atoms with van der Waals surface area (Å²) in [5, 5.41) is 14.1. The van der Waals surface area contributed by atoms with Crippen LogP contribution in [0, 0.1) is 10.8 Å². The molecule has 2 amide bonds. The first-order chi connectivity index (χ1) is 18.3. The molecule has 1 aliphatic carbocycles. The molecule has 2 atom stereocenters. The quantitative estimate of drug-likeness (QED) is 0.261. The molecule has 1 saturated carbocycles. The molecule has 3 aliphatic rings. The number of carbonyl (C=O) groups is 2. The predicted octanol–water partition coefficient (Wildman–Crippen LogP) is 5.26. The van der Waals surface area contributed by atoms with E-state index in [-0.39, 0.29) is 50.8 Å². The van der Waals surface area contributed by atoms with Crippen molar-refractivity contribution in [1.29, 1.82) is 5.41 Å². The summed E-state index contributed by atoms with van der Waals surface area (Å²) in [6.45, 7) is 8.52. The number of amidine groups is 1. The van der Waals surface area contributed by atoms with Gasteiger partial charge in [-0.05, 0) is 61.3 Å². The number of thiophene rings is 1. The number of nitrogens with zero attached hydrogens (tertiary/aromatic N) is 2. The molecule has 1 aromatic carbocycles. The summed E-state index contributed by atoms with van der Waals surface area (Å²) in [6, 6.07) is 1.97. The van der Waals surface area contributed by atoms with E-state index in [1.54, 1.807) is 9.80 Å². The van der Waals surface area contributed by atoms with E-state index in [0.29, 0.717) is 36.0 Å². The molecule has 3 heterocycles. The summed E-state index contributed by atoms with van der Waals surface area (Å²) in [5.41, 5.74) is 5.57. The number of rotatable bonds is 4. The maximum atomic E-state index is 14.7. The van der Waals surface area contributed by atoms with Crippen molar-refractivity contribution in [1.82, 2.24) is 9.80 Å². The Morgan fingerprint density at radius 2 is 1.90 bits per heavy atom. The number of alkyl halides is 3. The van der Waals surface area contributed by atoms with E-state index in [0.717, 1.165) is 30.2 Å². The number of hydrogen-bond acceptors (Lipinski definition) is 6. The van der Waals surface area contributed by atoms with Gasteiger partial charge < -0.3 is 20.9 Å². The van der Waals surface area contributed by atoms with E-state index < -0.39 is 17.6 Å². The molecule has 1 aromatic heterocycles. The predicted molar refractivity (Wildman–Crippen MR) is 149 cm³/mol. The number of nitrogens with two attached hydrogens (primary N) is 1. The number of carbonyl (C=O) groups excluding carboxylic acids is 2. The normalized spacial score (nSPS) is 22.1. The lowest BCUT2D eigenvalue weighted by molar-refractivity contribution is -0.137. The molecule has 2 fully saturated rings. The Kier molecular flexibility index (Phi) is 6.99. The zero-order valence-electron chi connectivity index (χ0n) is 21.7. The number of piperazine rings is 1. The maximum Gasteiger partial charge on any atom is 0.417 e. The molecular formula is C27H30F3N5O2S2. The fourth-order valence-electron chi connectivity index (χ4n) is 5.54. The van der Waals surface area contributed by atoms with Crippen LogP contribution < -0.4 is 11.1 Å². The largest absolute Gasteiger partial charge is 0.417 e. The van der Waals surface area contributed by atoms with Crippen LogP contribution in [0.5, 0.6) is 0 Å². The topological polar surface area (TPSA) is 103 Å². The van der Waals surface area contributed by atoms with Crippen molar-refractivity contribution in [2.24, 2.45) is 11.1 Å². The summed E-state index contributed by atoms with van der Waals surface area (Å²) < 4.78 is 44.0. The van der Waals surface area contributed by atoms with Gasteiger partial charge in [0.2, 0.25) is 5.91 Å². The van der Waals surface area contributed by atoms with Gasteiger partial charge >= 0.3 is 6.18 Å². The molecule has 12 heteroatoms. The molecule has 1 saturated heterocycles. The SMILES string of the molecule is C=CC(=O)N1[C@H](C)CN(C(=N)c2cc(C(F)(F)F)c(-c3csc(C(N)=O)c3)c3c2NCC2(CC2)CS3)C[C@@H]1C. The second kappa shape index (κ2) is 9.88. The lowest BCUT2D eigenvalue weighted by Crippen LogP contribution is -2.59. The van der Waals surface area contributed by atoms with E-state index in [4.69, 9.17) is 11.1 Å². The third-order valence-electron chi connectivity index (χ3n) is 7.76. The van der Waals surface area contributed by atoms with E-state index in [9.17, 15) is 22.8 Å². The monoisotopic (exact) mass is 577 g/mol. The van der Waals surface area contributed by atoms with Gasteiger partial charge in [0.05, 0.1) is 16.1 Å². The van der Waals surface area contributed by atoms with Crippen molar-refractivity contribution in [2.45, 2.75) is 49.8 Å². The van der Waals surface area contributed by atoms with Crippen molar-refractivity contribution in [2.75, 3.05) is 30.7 Å². The van der Waals surface area contributed by atoms with Gasteiger partial charge in [0.15, 0.2) is 0 Å². The number of hydrogen-bond donors (Lipinski definition) is 3. The van der Waals surface area contributed by atoms with Crippen molar-refractivity contribution in [3.05, 3.63) is 46.2 Å². The summed E-state index contributed by atoms with van der Waals surface area (Å²) in [7, 11) is 0. The Bertz CT molecular complexity index is 1360. The lowest BCUT2D eigenvalue weighted by atomic mass is 9.95. The van der Waals surface area contributed by atoms with E-state index in [1.807, 2.05) is 13.8 Å². The van der Waals surface area contributed by atoms with Gasteiger partial charge in [0.25, 0.3) is 5.91 Å². The number of halogens is 3. The van der Waals surface area contributed by atoms with Gasteiger partial charge in [-0.2, -0.15) is 13.2 Å². The zero-order chi connectivity index (χ0) is 28.3. The minimum atomic E-state index is -4.70. The minimum Gasteiger partial charge on any atom is -0.383 e. The summed E-state index contributed by atoms with van der Waals surface area (Å²) >= 11 is 2.40. The third-order valence-corrected chi connectivity index (χ3v) is 10.2. The van der Waals surface area contributed by atoms with Crippen LogP contribution in [0.2, 0.25) is 0 Å². The molecule has 4 N–H and O–H groups in total. The van der Waals surface area contributed by atoms with Crippen molar-refractivity contribution >= 4 is 46.4 Å². The first kappa shape index (κ1) is 27.6. The molecule has 0 unspecified atom stereocenters. The highest BCUT2D eigenvalue weighted by Gasteiger charge is 2.46. The van der Waals surface area contributed by atoms with Crippen LogP contribution in [0.15, 0.2) is 35.1 Å².